The van der Waals surface area contributed by atoms with E-state index in [0.29, 0.717) is 17.6 Å². The average molecular weight is 288 g/mol. The van der Waals surface area contributed by atoms with Gasteiger partial charge in [0, 0.05) is 10.9 Å². The highest BCUT2D eigenvalue weighted by Crippen LogP contribution is 2.25. The smallest absolute Gasteiger partial charge is 0.224 e. The fourth-order valence-electron chi connectivity index (χ4n) is 2.27. The van der Waals surface area contributed by atoms with Crippen LogP contribution in [0.15, 0.2) is 60.9 Å². The van der Waals surface area contributed by atoms with Gasteiger partial charge in [0.2, 0.25) is 5.95 Å². The molecule has 4 aromatic rings. The minimum Gasteiger partial charge on any atom is -0.309 e. The molecule has 22 heavy (non-hydrogen) atoms. The lowest BCUT2D eigenvalue weighted by Crippen LogP contribution is -2.00. The van der Waals surface area contributed by atoms with Gasteiger partial charge in [-0.05, 0) is 12.1 Å². The fourth-order valence-corrected chi connectivity index (χ4v) is 2.27. The molecule has 0 atom stereocenters. The third-order valence-electron chi connectivity index (χ3n) is 3.29. The largest absolute Gasteiger partial charge is 0.309 e. The number of aromatic nitrogens is 5. The van der Waals surface area contributed by atoms with Gasteiger partial charge in [-0.25, -0.2) is 15.1 Å². The Labute approximate surface area is 126 Å². The highest BCUT2D eigenvalue weighted by molar-refractivity contribution is 5.91. The molecule has 2 heterocycles. The Kier molecular flexibility index (Phi) is 2.97. The highest BCUT2D eigenvalue weighted by Gasteiger charge is 2.10. The van der Waals surface area contributed by atoms with Crippen molar-refractivity contribution in [2.24, 2.45) is 0 Å². The van der Waals surface area contributed by atoms with Crippen LogP contribution in [0.1, 0.15) is 0 Å². The summed E-state index contributed by atoms with van der Waals surface area (Å²) in [5.74, 6) is 1.91. The first-order valence-corrected chi connectivity index (χ1v) is 6.85. The molecule has 0 aliphatic carbocycles. The number of rotatable bonds is 3. The summed E-state index contributed by atoms with van der Waals surface area (Å²) < 4.78 is 0. The number of hydrogen-bond acceptors (Lipinski definition) is 5. The Morgan fingerprint density at radius 1 is 0.864 bits per heavy atom. The lowest BCUT2D eigenvalue weighted by Gasteiger charge is -2.09. The average Bonchev–Trinajstić information content (AvgIpc) is 3.09. The highest BCUT2D eigenvalue weighted by atomic mass is 15.3. The molecule has 0 bridgehead atoms. The number of aromatic amines is 1. The maximum Gasteiger partial charge on any atom is 0.224 e. The Balaban J connectivity index is 1.89. The number of nitrogens with one attached hydrogen (secondary N) is 2. The molecule has 106 valence electrons. The summed E-state index contributed by atoms with van der Waals surface area (Å²) in [6.45, 7) is 0. The van der Waals surface area contributed by atoms with Crippen molar-refractivity contribution >= 4 is 22.7 Å². The molecule has 4 rings (SSSR count). The summed E-state index contributed by atoms with van der Waals surface area (Å²) in [5.41, 5.74) is 1.84. The van der Waals surface area contributed by atoms with E-state index in [-0.39, 0.29) is 0 Å². The first kappa shape index (κ1) is 12.5. The molecule has 2 aromatic carbocycles. The monoisotopic (exact) mass is 288 g/mol. The van der Waals surface area contributed by atoms with Gasteiger partial charge in [-0.3, -0.25) is 0 Å². The molecule has 0 aliphatic heterocycles. The van der Waals surface area contributed by atoms with E-state index >= 15 is 0 Å². The number of benzene rings is 2. The molecule has 0 saturated heterocycles. The summed E-state index contributed by atoms with van der Waals surface area (Å²) >= 11 is 0. The summed E-state index contributed by atoms with van der Waals surface area (Å²) in [6, 6.07) is 17.7. The molecule has 0 unspecified atom stereocenters. The van der Waals surface area contributed by atoms with Crippen molar-refractivity contribution in [3.8, 4) is 11.4 Å². The maximum absolute atomic E-state index is 4.64. The van der Waals surface area contributed by atoms with Gasteiger partial charge < -0.3 is 5.32 Å². The SMILES string of the molecule is c1ccc(-c2nc(Nc3ncn[nH]3)c3ccccc3n2)cc1. The van der Waals surface area contributed by atoms with Crippen molar-refractivity contribution in [1.29, 1.82) is 0 Å². The quantitative estimate of drug-likeness (QED) is 0.605. The van der Waals surface area contributed by atoms with Crippen molar-refractivity contribution < 1.29 is 0 Å². The number of anilines is 2. The maximum atomic E-state index is 4.64. The van der Waals surface area contributed by atoms with Gasteiger partial charge in [0.1, 0.15) is 12.1 Å². The Bertz CT molecular complexity index is 902. The molecule has 6 nitrogen and oxygen atoms in total. The lowest BCUT2D eigenvalue weighted by atomic mass is 10.2. The standard InChI is InChI=1S/C16H12N6/c1-2-6-11(7-3-1)14-19-13-9-5-4-8-12(13)15(20-14)21-16-17-10-18-22-16/h1-10H,(H2,17,18,19,20,21,22). The van der Waals surface area contributed by atoms with Crippen molar-refractivity contribution in [3.05, 3.63) is 60.9 Å². The van der Waals surface area contributed by atoms with Crippen LogP contribution in [0.3, 0.4) is 0 Å². The van der Waals surface area contributed by atoms with Crippen molar-refractivity contribution in [2.45, 2.75) is 0 Å². The van der Waals surface area contributed by atoms with Gasteiger partial charge in [-0.1, -0.05) is 42.5 Å². The summed E-state index contributed by atoms with van der Waals surface area (Å²) in [4.78, 5) is 13.4. The zero-order chi connectivity index (χ0) is 14.8. The normalized spacial score (nSPS) is 10.7. The number of para-hydroxylation sites is 1. The summed E-state index contributed by atoms with van der Waals surface area (Å²) in [6.07, 6.45) is 1.45. The van der Waals surface area contributed by atoms with Crippen molar-refractivity contribution in [3.63, 3.8) is 0 Å². The molecule has 2 N–H and O–H groups in total. The topological polar surface area (TPSA) is 79.4 Å². The molecule has 0 amide bonds. The number of hydrogen-bond donors (Lipinski definition) is 2. The van der Waals surface area contributed by atoms with Gasteiger partial charge in [0.05, 0.1) is 5.52 Å². The number of nitrogens with zero attached hydrogens (tertiary/aromatic N) is 4. The number of H-pyrrole nitrogens is 1. The third kappa shape index (κ3) is 2.26. The van der Waals surface area contributed by atoms with Crippen molar-refractivity contribution in [2.75, 3.05) is 5.32 Å². The Hall–Kier alpha value is -3.28. The van der Waals surface area contributed by atoms with Crippen LogP contribution in [-0.4, -0.2) is 25.1 Å². The molecule has 0 radical (unpaired) electrons. The van der Waals surface area contributed by atoms with E-state index in [4.69, 9.17) is 0 Å². The van der Waals surface area contributed by atoms with Crippen LogP contribution >= 0.6 is 0 Å². The minimum atomic E-state index is 0.544. The third-order valence-corrected chi connectivity index (χ3v) is 3.29. The van der Waals surface area contributed by atoms with Gasteiger partial charge in [0.15, 0.2) is 5.82 Å². The van der Waals surface area contributed by atoms with Gasteiger partial charge >= 0.3 is 0 Å². The summed E-state index contributed by atoms with van der Waals surface area (Å²) in [5, 5.41) is 10.7. The summed E-state index contributed by atoms with van der Waals surface area (Å²) in [7, 11) is 0. The van der Waals surface area contributed by atoms with Gasteiger partial charge in [-0.15, -0.1) is 0 Å². The van der Waals surface area contributed by atoms with Crippen molar-refractivity contribution in [1.82, 2.24) is 25.1 Å². The Morgan fingerprint density at radius 3 is 2.50 bits per heavy atom. The molecule has 0 aliphatic rings. The molecule has 0 saturated carbocycles. The van der Waals surface area contributed by atoms with E-state index < -0.39 is 0 Å². The van der Waals surface area contributed by atoms with E-state index in [0.717, 1.165) is 16.5 Å². The first-order chi connectivity index (χ1) is 10.9. The second kappa shape index (κ2) is 5.25. The second-order valence-electron chi connectivity index (χ2n) is 4.74. The molecule has 2 aromatic heterocycles. The fraction of sp³-hybridized carbons (Fsp3) is 0. The van der Waals surface area contributed by atoms with Crippen LogP contribution in [0.5, 0.6) is 0 Å². The number of fused-ring (bicyclic) bond motifs is 1. The van der Waals surface area contributed by atoms with E-state index in [1.165, 1.54) is 6.33 Å². The predicted octanol–water partition coefficient (Wildman–Crippen LogP) is 3.16. The van der Waals surface area contributed by atoms with E-state index in [9.17, 15) is 0 Å². The molecular formula is C16H12N6. The molecule has 0 fully saturated rings. The van der Waals surface area contributed by atoms with E-state index in [2.05, 4.69) is 30.5 Å². The second-order valence-corrected chi connectivity index (χ2v) is 4.74. The van der Waals surface area contributed by atoms with Crippen LogP contribution in [0.4, 0.5) is 11.8 Å². The lowest BCUT2D eigenvalue weighted by molar-refractivity contribution is 1.09. The minimum absolute atomic E-state index is 0.544. The van der Waals surface area contributed by atoms with Crippen LogP contribution in [0.2, 0.25) is 0 Å². The van der Waals surface area contributed by atoms with Crippen LogP contribution in [0.25, 0.3) is 22.3 Å². The Morgan fingerprint density at radius 2 is 1.68 bits per heavy atom. The van der Waals surface area contributed by atoms with Gasteiger partial charge in [0.25, 0.3) is 0 Å². The van der Waals surface area contributed by atoms with Crippen LogP contribution in [0, 0.1) is 0 Å². The predicted molar refractivity (Wildman–Crippen MR) is 84.6 cm³/mol. The zero-order valence-electron chi connectivity index (χ0n) is 11.6. The van der Waals surface area contributed by atoms with E-state index in [1.807, 2.05) is 54.6 Å². The van der Waals surface area contributed by atoms with E-state index in [1.54, 1.807) is 0 Å². The first-order valence-electron chi connectivity index (χ1n) is 6.85. The molecule has 0 spiro atoms. The molecule has 6 heteroatoms. The van der Waals surface area contributed by atoms with Crippen LogP contribution in [-0.2, 0) is 0 Å². The molecular weight excluding hydrogens is 276 g/mol. The van der Waals surface area contributed by atoms with Crippen LogP contribution < -0.4 is 5.32 Å². The zero-order valence-corrected chi connectivity index (χ0v) is 11.6. The van der Waals surface area contributed by atoms with Gasteiger partial charge in [-0.2, -0.15) is 10.1 Å².